The topological polar surface area (TPSA) is 95.6 Å². The number of nitrogens with one attached hydrogen (secondary N) is 2. The van der Waals surface area contributed by atoms with Crippen LogP contribution in [0.25, 0.3) is 0 Å². The van der Waals surface area contributed by atoms with E-state index < -0.39 is 0 Å². The molecule has 2 aromatic carbocycles. The van der Waals surface area contributed by atoms with Crippen LogP contribution in [0.3, 0.4) is 0 Å². The van der Waals surface area contributed by atoms with Crippen LogP contribution in [-0.2, 0) is 16.1 Å². The summed E-state index contributed by atoms with van der Waals surface area (Å²) in [7, 11) is 0. The van der Waals surface area contributed by atoms with E-state index in [1.165, 1.54) is 4.90 Å². The van der Waals surface area contributed by atoms with Gasteiger partial charge in [-0.15, -0.1) is 6.42 Å². The third-order valence-electron chi connectivity index (χ3n) is 4.48. The highest BCUT2D eigenvalue weighted by molar-refractivity contribution is 6.09. The Balaban J connectivity index is 1.69. The summed E-state index contributed by atoms with van der Waals surface area (Å²) in [6, 6.07) is 13.2. The molecule has 4 amide bonds. The van der Waals surface area contributed by atoms with E-state index in [1.807, 2.05) is 0 Å². The second-order valence-electron chi connectivity index (χ2n) is 6.46. The zero-order valence-corrected chi connectivity index (χ0v) is 15.6. The molecule has 0 bridgehead atoms. The highest BCUT2D eigenvalue weighted by Crippen LogP contribution is 2.18. The second kappa shape index (κ2) is 8.85. The molecule has 0 spiro atoms. The Morgan fingerprint density at radius 2 is 1.62 bits per heavy atom. The van der Waals surface area contributed by atoms with Crippen LogP contribution in [-0.4, -0.2) is 35.1 Å². The number of likely N-dealkylation sites (tertiary alicyclic amines) is 1. The molecule has 0 saturated carbocycles. The molecule has 0 aromatic heterocycles. The van der Waals surface area contributed by atoms with E-state index in [0.29, 0.717) is 16.8 Å². The molecule has 1 aliphatic heterocycles. The van der Waals surface area contributed by atoms with Crippen molar-refractivity contribution in [3.8, 4) is 12.3 Å². The van der Waals surface area contributed by atoms with Gasteiger partial charge in [-0.05, 0) is 29.8 Å². The lowest BCUT2D eigenvalue weighted by Gasteiger charge is -2.14. The molecular formula is C22H19N3O4. The van der Waals surface area contributed by atoms with Crippen molar-refractivity contribution in [3.05, 3.63) is 65.2 Å². The molecule has 1 fully saturated rings. The summed E-state index contributed by atoms with van der Waals surface area (Å²) >= 11 is 0. The summed E-state index contributed by atoms with van der Waals surface area (Å²) in [5.41, 5.74) is 1.80. The molecule has 0 unspecified atom stereocenters. The van der Waals surface area contributed by atoms with Crippen molar-refractivity contribution in [2.45, 2.75) is 19.4 Å². The first kappa shape index (κ1) is 19.8. The number of terminal acetylenes is 1. The fourth-order valence-electron chi connectivity index (χ4n) is 2.95. The second-order valence-corrected chi connectivity index (χ2v) is 6.46. The fourth-order valence-corrected chi connectivity index (χ4v) is 2.95. The maximum absolute atomic E-state index is 12.6. The van der Waals surface area contributed by atoms with E-state index in [1.54, 1.807) is 48.5 Å². The van der Waals surface area contributed by atoms with Crippen LogP contribution in [0.5, 0.6) is 0 Å². The molecule has 2 N–H and O–H groups in total. The number of amides is 4. The number of carbonyl (C=O) groups is 4. The lowest BCUT2D eigenvalue weighted by molar-refractivity contribution is -0.139. The minimum absolute atomic E-state index is 0.0879. The zero-order valence-electron chi connectivity index (χ0n) is 15.6. The lowest BCUT2D eigenvalue weighted by atomic mass is 10.1. The van der Waals surface area contributed by atoms with Gasteiger partial charge in [-0.1, -0.05) is 30.2 Å². The fraction of sp³-hybridized carbons (Fsp3) is 0.182. The van der Waals surface area contributed by atoms with Gasteiger partial charge >= 0.3 is 0 Å². The predicted octanol–water partition coefficient (Wildman–Crippen LogP) is 1.95. The Labute approximate surface area is 168 Å². The normalized spacial score (nSPS) is 13.1. The Hall–Kier alpha value is -3.92. The highest BCUT2D eigenvalue weighted by atomic mass is 16.2. The maximum Gasteiger partial charge on any atom is 0.255 e. The highest BCUT2D eigenvalue weighted by Gasteiger charge is 2.28. The summed E-state index contributed by atoms with van der Waals surface area (Å²) in [6.07, 6.45) is 5.64. The third-order valence-corrected chi connectivity index (χ3v) is 4.48. The first-order chi connectivity index (χ1) is 14.0. The molecule has 0 radical (unpaired) electrons. The minimum atomic E-state index is -0.387. The van der Waals surface area contributed by atoms with Gasteiger partial charge in [-0.2, -0.15) is 0 Å². The van der Waals surface area contributed by atoms with Crippen molar-refractivity contribution >= 4 is 29.3 Å². The van der Waals surface area contributed by atoms with Crippen LogP contribution in [0, 0.1) is 12.3 Å². The van der Waals surface area contributed by atoms with Gasteiger partial charge in [0.15, 0.2) is 0 Å². The van der Waals surface area contributed by atoms with E-state index in [-0.39, 0.29) is 49.6 Å². The van der Waals surface area contributed by atoms with Gasteiger partial charge in [0.05, 0.1) is 24.3 Å². The van der Waals surface area contributed by atoms with Gasteiger partial charge in [0, 0.05) is 18.4 Å². The van der Waals surface area contributed by atoms with Crippen molar-refractivity contribution < 1.29 is 19.2 Å². The first-order valence-corrected chi connectivity index (χ1v) is 9.04. The van der Waals surface area contributed by atoms with Gasteiger partial charge in [0.25, 0.3) is 11.8 Å². The number of rotatable bonds is 6. The minimum Gasteiger partial charge on any atom is -0.341 e. The van der Waals surface area contributed by atoms with Crippen LogP contribution in [0.2, 0.25) is 0 Å². The standard InChI is InChI=1S/C22H19N3O4/c1-2-13-23-22(29)17-5-3-4-6-18(17)24-21(28)16-9-7-15(8-10-16)14-25-19(26)11-12-20(25)27/h1,3-10H,11-14H2,(H,23,29)(H,24,28). The molecular weight excluding hydrogens is 370 g/mol. The Morgan fingerprint density at radius 1 is 0.966 bits per heavy atom. The maximum atomic E-state index is 12.6. The number of imide groups is 1. The number of nitrogens with zero attached hydrogens (tertiary/aromatic N) is 1. The number of para-hydroxylation sites is 1. The molecule has 1 aliphatic rings. The monoisotopic (exact) mass is 389 g/mol. The molecule has 29 heavy (non-hydrogen) atoms. The van der Waals surface area contributed by atoms with Gasteiger partial charge in [-0.3, -0.25) is 24.1 Å². The number of hydrogen-bond donors (Lipinski definition) is 2. The van der Waals surface area contributed by atoms with E-state index in [2.05, 4.69) is 16.6 Å². The van der Waals surface area contributed by atoms with Crippen molar-refractivity contribution in [2.24, 2.45) is 0 Å². The van der Waals surface area contributed by atoms with E-state index in [0.717, 1.165) is 5.56 Å². The number of hydrogen-bond acceptors (Lipinski definition) is 4. The Bertz CT molecular complexity index is 989. The van der Waals surface area contributed by atoms with Gasteiger partial charge in [0.1, 0.15) is 0 Å². The molecule has 0 atom stereocenters. The third kappa shape index (κ3) is 4.68. The van der Waals surface area contributed by atoms with Crippen molar-refractivity contribution in [1.29, 1.82) is 0 Å². The van der Waals surface area contributed by atoms with Crippen LogP contribution in [0.1, 0.15) is 39.1 Å². The Kier molecular flexibility index (Phi) is 6.05. The molecule has 7 heteroatoms. The molecule has 1 saturated heterocycles. The van der Waals surface area contributed by atoms with E-state index in [9.17, 15) is 19.2 Å². The molecule has 146 valence electrons. The van der Waals surface area contributed by atoms with Crippen molar-refractivity contribution in [3.63, 3.8) is 0 Å². The van der Waals surface area contributed by atoms with Crippen molar-refractivity contribution in [1.82, 2.24) is 10.2 Å². The summed E-state index contributed by atoms with van der Waals surface area (Å²) in [6.45, 7) is 0.280. The molecule has 3 rings (SSSR count). The smallest absolute Gasteiger partial charge is 0.255 e. The molecule has 7 nitrogen and oxygen atoms in total. The summed E-state index contributed by atoms with van der Waals surface area (Å²) in [5.74, 6) is 1.19. The van der Waals surface area contributed by atoms with Crippen LogP contribution in [0.15, 0.2) is 48.5 Å². The van der Waals surface area contributed by atoms with Crippen LogP contribution < -0.4 is 10.6 Å². The molecule has 1 heterocycles. The van der Waals surface area contributed by atoms with E-state index >= 15 is 0 Å². The molecule has 0 aliphatic carbocycles. The SMILES string of the molecule is C#CCNC(=O)c1ccccc1NC(=O)c1ccc(CN2C(=O)CCC2=O)cc1. The Morgan fingerprint density at radius 3 is 2.28 bits per heavy atom. The largest absolute Gasteiger partial charge is 0.341 e. The quantitative estimate of drug-likeness (QED) is 0.583. The number of benzene rings is 2. The predicted molar refractivity (Wildman–Crippen MR) is 107 cm³/mol. The molecule has 2 aromatic rings. The van der Waals surface area contributed by atoms with Gasteiger partial charge in [-0.25, -0.2) is 0 Å². The summed E-state index contributed by atoms with van der Waals surface area (Å²) < 4.78 is 0. The lowest BCUT2D eigenvalue weighted by Crippen LogP contribution is -2.28. The first-order valence-electron chi connectivity index (χ1n) is 9.04. The van der Waals surface area contributed by atoms with Gasteiger partial charge in [0.2, 0.25) is 11.8 Å². The van der Waals surface area contributed by atoms with Crippen molar-refractivity contribution in [2.75, 3.05) is 11.9 Å². The van der Waals surface area contributed by atoms with Crippen LogP contribution in [0.4, 0.5) is 5.69 Å². The number of carbonyl (C=O) groups excluding carboxylic acids is 4. The van der Waals surface area contributed by atoms with Crippen LogP contribution >= 0.6 is 0 Å². The summed E-state index contributed by atoms with van der Waals surface area (Å²) in [4.78, 5) is 49.4. The zero-order chi connectivity index (χ0) is 20.8. The summed E-state index contributed by atoms with van der Waals surface area (Å²) in [5, 5.41) is 5.29. The average Bonchev–Trinajstić information content (AvgIpc) is 3.05. The van der Waals surface area contributed by atoms with Gasteiger partial charge < -0.3 is 10.6 Å². The number of anilines is 1. The van der Waals surface area contributed by atoms with E-state index in [4.69, 9.17) is 6.42 Å². The average molecular weight is 389 g/mol.